The summed E-state index contributed by atoms with van der Waals surface area (Å²) in [5.41, 5.74) is 0.960. The van der Waals surface area contributed by atoms with E-state index < -0.39 is 10.0 Å². The number of benzene rings is 1. The summed E-state index contributed by atoms with van der Waals surface area (Å²) >= 11 is 0. The zero-order chi connectivity index (χ0) is 20.7. The van der Waals surface area contributed by atoms with E-state index in [2.05, 4.69) is 32.8 Å². The third-order valence-corrected chi connectivity index (χ3v) is 8.46. The van der Waals surface area contributed by atoms with E-state index in [0.29, 0.717) is 11.5 Å². The van der Waals surface area contributed by atoms with Gasteiger partial charge in [0.05, 0.1) is 17.5 Å². The molecule has 28 heavy (non-hydrogen) atoms. The second kappa shape index (κ2) is 7.71. The van der Waals surface area contributed by atoms with Crippen LogP contribution >= 0.6 is 0 Å². The lowest BCUT2D eigenvalue weighted by Crippen LogP contribution is -2.59. The summed E-state index contributed by atoms with van der Waals surface area (Å²) in [6, 6.07) is 7.00. The van der Waals surface area contributed by atoms with Crippen LogP contribution in [-0.2, 0) is 14.9 Å². The molecule has 0 unspecified atom stereocenters. The third kappa shape index (κ3) is 4.16. The first-order valence-electron chi connectivity index (χ1n) is 10.5. The summed E-state index contributed by atoms with van der Waals surface area (Å²) in [6.07, 6.45) is 5.06. The Hall–Kier alpha value is -0.950. The van der Waals surface area contributed by atoms with E-state index in [1.807, 2.05) is 26.0 Å². The van der Waals surface area contributed by atoms with Crippen LogP contribution in [0.4, 0.5) is 0 Å². The van der Waals surface area contributed by atoms with Crippen molar-refractivity contribution >= 4 is 10.0 Å². The van der Waals surface area contributed by atoms with E-state index in [9.17, 15) is 8.42 Å². The van der Waals surface area contributed by atoms with E-state index in [-0.39, 0.29) is 23.2 Å². The van der Waals surface area contributed by atoms with Gasteiger partial charge in [0.15, 0.2) is 0 Å². The highest BCUT2D eigenvalue weighted by Crippen LogP contribution is 2.39. The van der Waals surface area contributed by atoms with Gasteiger partial charge in [0.25, 0.3) is 0 Å². The number of hydrogen-bond acceptors (Lipinski definition) is 4. The Balaban J connectivity index is 1.79. The summed E-state index contributed by atoms with van der Waals surface area (Å²) in [6.45, 7) is 13.2. The topological polar surface area (TPSA) is 49.9 Å². The number of piperidine rings is 1. The van der Waals surface area contributed by atoms with Crippen molar-refractivity contribution in [3.63, 3.8) is 0 Å². The standard InChI is InChI=1S/C22H36N2O3S/c1-17-8-12-20(13-9-17)28(25,26)23-18(2)10-11-19(23)16-27-24-21(3,4)14-7-15-22(24,5)6/h8-9,12-13,18-19H,7,10-11,14-16H2,1-6H3/t18-,19-/m0/s1. The van der Waals surface area contributed by atoms with E-state index in [1.54, 1.807) is 16.4 Å². The molecular formula is C22H36N2O3S. The minimum absolute atomic E-state index is 0.0118. The minimum atomic E-state index is -3.53. The van der Waals surface area contributed by atoms with Crippen molar-refractivity contribution in [2.75, 3.05) is 6.61 Å². The summed E-state index contributed by atoms with van der Waals surface area (Å²) in [5, 5.41) is 2.13. The highest BCUT2D eigenvalue weighted by Gasteiger charge is 2.45. The average molecular weight is 409 g/mol. The summed E-state index contributed by atoms with van der Waals surface area (Å²) in [5.74, 6) is 0. The fraction of sp³-hybridized carbons (Fsp3) is 0.727. The van der Waals surface area contributed by atoms with Gasteiger partial charge in [0.2, 0.25) is 10.0 Å². The van der Waals surface area contributed by atoms with Gasteiger partial charge >= 0.3 is 0 Å². The predicted octanol–water partition coefficient (Wildman–Crippen LogP) is 4.51. The van der Waals surface area contributed by atoms with Crippen LogP contribution in [0.25, 0.3) is 0 Å². The molecule has 0 bridgehead atoms. The first-order valence-corrected chi connectivity index (χ1v) is 11.9. The Morgan fingerprint density at radius 3 is 2.18 bits per heavy atom. The Morgan fingerprint density at radius 2 is 1.61 bits per heavy atom. The maximum Gasteiger partial charge on any atom is 0.243 e. The van der Waals surface area contributed by atoms with Gasteiger partial charge in [-0.05, 0) is 85.8 Å². The quantitative estimate of drug-likeness (QED) is 0.719. The van der Waals surface area contributed by atoms with Crippen LogP contribution < -0.4 is 0 Å². The number of sulfonamides is 1. The number of rotatable bonds is 5. The molecule has 2 atom stereocenters. The van der Waals surface area contributed by atoms with Crippen molar-refractivity contribution in [2.24, 2.45) is 0 Å². The maximum absolute atomic E-state index is 13.3. The third-order valence-electron chi connectivity index (χ3n) is 6.38. The van der Waals surface area contributed by atoms with Crippen molar-refractivity contribution in [1.82, 2.24) is 9.37 Å². The highest BCUT2D eigenvalue weighted by atomic mass is 32.2. The average Bonchev–Trinajstić information content (AvgIpc) is 2.95. The lowest BCUT2D eigenvalue weighted by atomic mass is 9.82. The zero-order valence-electron chi connectivity index (χ0n) is 18.2. The zero-order valence-corrected chi connectivity index (χ0v) is 19.1. The van der Waals surface area contributed by atoms with Gasteiger partial charge in [-0.1, -0.05) is 17.7 Å². The molecule has 1 aromatic rings. The lowest BCUT2D eigenvalue weighted by Gasteiger charge is -2.51. The molecule has 2 saturated heterocycles. The van der Waals surface area contributed by atoms with Gasteiger partial charge in [-0.3, -0.25) is 4.84 Å². The minimum Gasteiger partial charge on any atom is -0.296 e. The molecule has 0 radical (unpaired) electrons. The SMILES string of the molecule is Cc1ccc(S(=O)(=O)N2[C@H](CON3C(C)(C)CCCC3(C)C)CC[C@@H]2C)cc1. The Morgan fingerprint density at radius 1 is 1.04 bits per heavy atom. The fourth-order valence-electron chi connectivity index (χ4n) is 4.96. The normalized spacial score (nSPS) is 28.5. The van der Waals surface area contributed by atoms with Crippen molar-refractivity contribution in [2.45, 2.75) is 102 Å². The molecule has 0 aliphatic carbocycles. The van der Waals surface area contributed by atoms with Crippen LogP contribution in [0.15, 0.2) is 29.2 Å². The molecule has 5 nitrogen and oxygen atoms in total. The van der Waals surface area contributed by atoms with Crippen LogP contribution in [-0.4, -0.2) is 47.6 Å². The fourth-order valence-corrected chi connectivity index (χ4v) is 6.82. The predicted molar refractivity (Wildman–Crippen MR) is 112 cm³/mol. The first-order chi connectivity index (χ1) is 12.9. The van der Waals surface area contributed by atoms with Gasteiger partial charge in [-0.25, -0.2) is 8.42 Å². The highest BCUT2D eigenvalue weighted by molar-refractivity contribution is 7.89. The van der Waals surface area contributed by atoms with Crippen LogP contribution in [0.3, 0.4) is 0 Å². The van der Waals surface area contributed by atoms with Crippen molar-refractivity contribution in [3.05, 3.63) is 29.8 Å². The second-order valence-electron chi connectivity index (χ2n) is 9.80. The smallest absolute Gasteiger partial charge is 0.243 e. The largest absolute Gasteiger partial charge is 0.296 e. The molecule has 6 heteroatoms. The Labute approximate surface area is 171 Å². The van der Waals surface area contributed by atoms with E-state index >= 15 is 0 Å². The molecule has 158 valence electrons. The summed E-state index contributed by atoms with van der Waals surface area (Å²) < 4.78 is 28.3. The molecule has 2 aliphatic rings. The summed E-state index contributed by atoms with van der Waals surface area (Å²) in [7, 11) is -3.53. The van der Waals surface area contributed by atoms with E-state index in [0.717, 1.165) is 31.2 Å². The van der Waals surface area contributed by atoms with Gasteiger partial charge < -0.3 is 0 Å². The van der Waals surface area contributed by atoms with Gasteiger partial charge in [-0.15, -0.1) is 0 Å². The van der Waals surface area contributed by atoms with Gasteiger partial charge in [0, 0.05) is 17.1 Å². The summed E-state index contributed by atoms with van der Waals surface area (Å²) in [4.78, 5) is 6.72. The molecular weight excluding hydrogens is 372 g/mol. The molecule has 0 spiro atoms. The number of nitrogens with zero attached hydrogens (tertiary/aromatic N) is 2. The number of hydrogen-bond donors (Lipinski definition) is 0. The molecule has 0 saturated carbocycles. The van der Waals surface area contributed by atoms with E-state index in [4.69, 9.17) is 4.84 Å². The van der Waals surface area contributed by atoms with Crippen LogP contribution in [0.1, 0.15) is 72.3 Å². The Bertz CT molecular complexity index is 771. The number of hydroxylamine groups is 2. The second-order valence-corrected chi connectivity index (χ2v) is 11.6. The maximum atomic E-state index is 13.3. The Kier molecular flexibility index (Phi) is 5.99. The molecule has 2 aliphatic heterocycles. The number of aryl methyl sites for hydroxylation is 1. The van der Waals surface area contributed by atoms with Crippen molar-refractivity contribution in [1.29, 1.82) is 0 Å². The van der Waals surface area contributed by atoms with E-state index in [1.165, 1.54) is 6.42 Å². The van der Waals surface area contributed by atoms with Crippen molar-refractivity contribution < 1.29 is 13.3 Å². The lowest BCUT2D eigenvalue weighted by molar-refractivity contribution is -0.284. The molecule has 1 aromatic carbocycles. The molecule has 0 N–H and O–H groups in total. The molecule has 2 fully saturated rings. The molecule has 0 aromatic heterocycles. The monoisotopic (exact) mass is 408 g/mol. The van der Waals surface area contributed by atoms with Crippen LogP contribution in [0, 0.1) is 6.92 Å². The van der Waals surface area contributed by atoms with Gasteiger partial charge in [-0.2, -0.15) is 9.37 Å². The van der Waals surface area contributed by atoms with Crippen LogP contribution in [0.2, 0.25) is 0 Å². The van der Waals surface area contributed by atoms with Gasteiger partial charge in [0.1, 0.15) is 0 Å². The first kappa shape index (κ1) is 21.8. The molecule has 0 amide bonds. The molecule has 3 rings (SSSR count). The molecule has 2 heterocycles. The van der Waals surface area contributed by atoms with Crippen molar-refractivity contribution in [3.8, 4) is 0 Å². The van der Waals surface area contributed by atoms with Crippen LogP contribution in [0.5, 0.6) is 0 Å².